The van der Waals surface area contributed by atoms with Gasteiger partial charge in [0, 0.05) is 38.7 Å². The van der Waals surface area contributed by atoms with Crippen molar-refractivity contribution in [1.82, 2.24) is 10.6 Å². The monoisotopic (exact) mass is 303 g/mol. The summed E-state index contributed by atoms with van der Waals surface area (Å²) in [6, 6.07) is 7.68. The van der Waals surface area contributed by atoms with Crippen molar-refractivity contribution in [2.75, 3.05) is 24.5 Å². The number of rotatable bonds is 5. The quantitative estimate of drug-likeness (QED) is 0.782. The topological polar surface area (TPSA) is 78.5 Å². The number of aryl methyl sites for hydroxylation is 1. The number of benzene rings is 1. The lowest BCUT2D eigenvalue weighted by atomic mass is 10.1. The van der Waals surface area contributed by atoms with Gasteiger partial charge in [0.15, 0.2) is 0 Å². The summed E-state index contributed by atoms with van der Waals surface area (Å²) in [6.45, 7) is 4.57. The van der Waals surface area contributed by atoms with Gasteiger partial charge in [0.1, 0.15) is 0 Å². The van der Waals surface area contributed by atoms with E-state index in [1.54, 1.807) is 4.90 Å². The molecule has 1 aliphatic heterocycles. The van der Waals surface area contributed by atoms with Gasteiger partial charge in [-0.1, -0.05) is 17.7 Å². The Morgan fingerprint density at radius 1 is 1.18 bits per heavy atom. The van der Waals surface area contributed by atoms with E-state index >= 15 is 0 Å². The van der Waals surface area contributed by atoms with Gasteiger partial charge >= 0.3 is 0 Å². The molecule has 1 atom stereocenters. The molecule has 6 heteroatoms. The second-order valence-electron chi connectivity index (χ2n) is 5.51. The van der Waals surface area contributed by atoms with Crippen LogP contribution in [0, 0.1) is 12.8 Å². The molecule has 0 saturated carbocycles. The van der Waals surface area contributed by atoms with E-state index in [0.29, 0.717) is 19.6 Å². The molecule has 0 radical (unpaired) electrons. The zero-order valence-corrected chi connectivity index (χ0v) is 12.9. The Bertz CT molecular complexity index is 569. The van der Waals surface area contributed by atoms with Crippen LogP contribution in [0.15, 0.2) is 24.3 Å². The van der Waals surface area contributed by atoms with Gasteiger partial charge in [-0.2, -0.15) is 0 Å². The molecule has 6 nitrogen and oxygen atoms in total. The molecule has 0 aromatic heterocycles. The number of anilines is 1. The van der Waals surface area contributed by atoms with Crippen LogP contribution in [0.5, 0.6) is 0 Å². The zero-order valence-electron chi connectivity index (χ0n) is 12.9. The maximum atomic E-state index is 12.1. The van der Waals surface area contributed by atoms with Gasteiger partial charge in [0.2, 0.25) is 17.7 Å². The first kappa shape index (κ1) is 16.0. The summed E-state index contributed by atoms with van der Waals surface area (Å²) in [7, 11) is 0. The highest BCUT2D eigenvalue weighted by atomic mass is 16.2. The van der Waals surface area contributed by atoms with Crippen molar-refractivity contribution in [1.29, 1.82) is 0 Å². The number of nitrogens with one attached hydrogen (secondary N) is 2. The fourth-order valence-electron chi connectivity index (χ4n) is 2.43. The fourth-order valence-corrected chi connectivity index (χ4v) is 2.43. The molecule has 0 aliphatic carbocycles. The molecule has 1 fully saturated rings. The van der Waals surface area contributed by atoms with Crippen LogP contribution < -0.4 is 15.5 Å². The third-order valence-corrected chi connectivity index (χ3v) is 3.64. The Kier molecular flexibility index (Phi) is 5.14. The van der Waals surface area contributed by atoms with E-state index in [-0.39, 0.29) is 30.1 Å². The van der Waals surface area contributed by atoms with Crippen LogP contribution >= 0.6 is 0 Å². The fraction of sp³-hybridized carbons (Fsp3) is 0.438. The second kappa shape index (κ2) is 7.06. The Labute approximate surface area is 129 Å². The predicted octanol–water partition coefficient (Wildman–Crippen LogP) is 0.600. The predicted molar refractivity (Wildman–Crippen MR) is 83.3 cm³/mol. The molecule has 0 spiro atoms. The third-order valence-electron chi connectivity index (χ3n) is 3.64. The van der Waals surface area contributed by atoms with Crippen LogP contribution in [0.4, 0.5) is 5.69 Å². The van der Waals surface area contributed by atoms with Crippen molar-refractivity contribution in [3.63, 3.8) is 0 Å². The van der Waals surface area contributed by atoms with Crippen LogP contribution in [0.3, 0.4) is 0 Å². The summed E-state index contributed by atoms with van der Waals surface area (Å²) in [5.41, 5.74) is 1.95. The van der Waals surface area contributed by atoms with E-state index in [2.05, 4.69) is 10.6 Å². The number of hydrogen-bond acceptors (Lipinski definition) is 3. The van der Waals surface area contributed by atoms with E-state index in [0.717, 1.165) is 11.3 Å². The minimum absolute atomic E-state index is 0.0362. The Balaban J connectivity index is 1.87. The highest BCUT2D eigenvalue weighted by molar-refractivity contribution is 6.00. The summed E-state index contributed by atoms with van der Waals surface area (Å²) in [4.78, 5) is 36.5. The minimum Gasteiger partial charge on any atom is -0.355 e. The number of nitrogens with zero attached hydrogens (tertiary/aromatic N) is 1. The van der Waals surface area contributed by atoms with Gasteiger partial charge in [0.25, 0.3) is 0 Å². The van der Waals surface area contributed by atoms with Crippen molar-refractivity contribution in [3.8, 4) is 0 Å². The molecule has 118 valence electrons. The number of amides is 3. The Hall–Kier alpha value is -2.37. The van der Waals surface area contributed by atoms with Gasteiger partial charge in [-0.25, -0.2) is 0 Å². The summed E-state index contributed by atoms with van der Waals surface area (Å²) < 4.78 is 0. The molecule has 0 bridgehead atoms. The highest BCUT2D eigenvalue weighted by Crippen LogP contribution is 2.25. The normalized spacial score (nSPS) is 17.5. The first-order chi connectivity index (χ1) is 10.5. The molecule has 1 saturated heterocycles. The molecule has 1 aliphatic rings. The van der Waals surface area contributed by atoms with Crippen LogP contribution in [0.1, 0.15) is 18.9 Å². The van der Waals surface area contributed by atoms with E-state index < -0.39 is 0 Å². The van der Waals surface area contributed by atoms with Crippen LogP contribution in [-0.4, -0.2) is 37.4 Å². The largest absolute Gasteiger partial charge is 0.355 e. The average Bonchev–Trinajstić information content (AvgIpc) is 2.86. The Morgan fingerprint density at radius 2 is 1.82 bits per heavy atom. The lowest BCUT2D eigenvalue weighted by Crippen LogP contribution is -2.37. The third kappa shape index (κ3) is 4.07. The van der Waals surface area contributed by atoms with E-state index in [9.17, 15) is 14.4 Å². The second-order valence-corrected chi connectivity index (χ2v) is 5.51. The zero-order chi connectivity index (χ0) is 16.1. The molecule has 2 N–H and O–H groups in total. The first-order valence-electron chi connectivity index (χ1n) is 7.36. The Morgan fingerprint density at radius 3 is 2.45 bits per heavy atom. The van der Waals surface area contributed by atoms with Gasteiger partial charge in [-0.3, -0.25) is 14.4 Å². The summed E-state index contributed by atoms with van der Waals surface area (Å²) >= 11 is 0. The molecule has 22 heavy (non-hydrogen) atoms. The molecular formula is C16H21N3O3. The van der Waals surface area contributed by atoms with E-state index in [4.69, 9.17) is 0 Å². The van der Waals surface area contributed by atoms with E-state index in [1.807, 2.05) is 31.2 Å². The van der Waals surface area contributed by atoms with Crippen LogP contribution in [0.2, 0.25) is 0 Å². The van der Waals surface area contributed by atoms with Crippen LogP contribution in [-0.2, 0) is 14.4 Å². The highest BCUT2D eigenvalue weighted by Gasteiger charge is 2.34. The number of hydrogen-bond donors (Lipinski definition) is 2. The van der Waals surface area contributed by atoms with Gasteiger partial charge in [-0.05, 0) is 19.1 Å². The van der Waals surface area contributed by atoms with E-state index in [1.165, 1.54) is 6.92 Å². The molecule has 2 rings (SSSR count). The lowest BCUT2D eigenvalue weighted by molar-refractivity contribution is -0.126. The number of carbonyl (C=O) groups is 3. The van der Waals surface area contributed by atoms with Crippen molar-refractivity contribution >= 4 is 23.4 Å². The van der Waals surface area contributed by atoms with Gasteiger partial charge < -0.3 is 15.5 Å². The molecule has 1 aromatic carbocycles. The van der Waals surface area contributed by atoms with Crippen molar-refractivity contribution < 1.29 is 14.4 Å². The molecular weight excluding hydrogens is 282 g/mol. The molecule has 1 heterocycles. The molecule has 3 amide bonds. The smallest absolute Gasteiger partial charge is 0.227 e. The maximum absolute atomic E-state index is 12.1. The van der Waals surface area contributed by atoms with Crippen molar-refractivity contribution in [3.05, 3.63) is 29.8 Å². The van der Waals surface area contributed by atoms with Gasteiger partial charge in [-0.15, -0.1) is 0 Å². The summed E-state index contributed by atoms with van der Waals surface area (Å²) in [5, 5.41) is 5.36. The maximum Gasteiger partial charge on any atom is 0.227 e. The van der Waals surface area contributed by atoms with Crippen molar-refractivity contribution in [2.45, 2.75) is 20.3 Å². The van der Waals surface area contributed by atoms with Crippen LogP contribution in [0.25, 0.3) is 0 Å². The molecule has 1 aromatic rings. The first-order valence-corrected chi connectivity index (χ1v) is 7.36. The van der Waals surface area contributed by atoms with Crippen molar-refractivity contribution in [2.24, 2.45) is 5.92 Å². The molecule has 0 unspecified atom stereocenters. The standard InChI is InChI=1S/C16H21N3O3/c1-11-3-5-14(6-4-11)19-10-13(9-15(19)21)16(22)18-8-7-17-12(2)20/h3-6,13H,7-10H2,1-2H3,(H,17,20)(H,18,22)/t13-/m1/s1. The lowest BCUT2D eigenvalue weighted by Gasteiger charge is -2.17. The minimum atomic E-state index is -0.342. The summed E-state index contributed by atoms with van der Waals surface area (Å²) in [5.74, 6) is -0.652. The summed E-state index contributed by atoms with van der Waals surface area (Å²) in [6.07, 6.45) is 0.222. The average molecular weight is 303 g/mol. The van der Waals surface area contributed by atoms with Gasteiger partial charge in [0.05, 0.1) is 5.92 Å². The number of carbonyl (C=O) groups excluding carboxylic acids is 3. The SMILES string of the molecule is CC(=O)NCCNC(=O)[C@@H]1CC(=O)N(c2ccc(C)cc2)C1.